The van der Waals surface area contributed by atoms with Crippen LogP contribution < -0.4 is 5.56 Å². The maximum Gasteiger partial charge on any atom is 0.254 e. The lowest BCUT2D eigenvalue weighted by atomic mass is 10.1. The number of aliphatic hydroxyl groups excluding tert-OH is 1. The molecule has 19 heavy (non-hydrogen) atoms. The molecular weight excluding hydrogens is 240 g/mol. The van der Waals surface area contributed by atoms with Crippen molar-refractivity contribution in [1.29, 1.82) is 0 Å². The average molecular weight is 258 g/mol. The van der Waals surface area contributed by atoms with Gasteiger partial charge in [-0.15, -0.1) is 0 Å². The van der Waals surface area contributed by atoms with Gasteiger partial charge in [0.15, 0.2) is 0 Å². The van der Waals surface area contributed by atoms with Crippen LogP contribution in [-0.2, 0) is 12.8 Å². The second-order valence-electron chi connectivity index (χ2n) is 4.72. The largest absolute Gasteiger partial charge is 0.396 e. The summed E-state index contributed by atoms with van der Waals surface area (Å²) >= 11 is 0. The molecule has 0 aliphatic carbocycles. The van der Waals surface area contributed by atoms with Gasteiger partial charge in [0.05, 0.1) is 0 Å². The van der Waals surface area contributed by atoms with E-state index in [0.717, 1.165) is 5.56 Å². The van der Waals surface area contributed by atoms with Gasteiger partial charge in [-0.2, -0.15) is 0 Å². The minimum absolute atomic E-state index is 0.0389. The van der Waals surface area contributed by atoms with Gasteiger partial charge in [0.25, 0.3) is 5.56 Å². The Balaban J connectivity index is 2.29. The van der Waals surface area contributed by atoms with Gasteiger partial charge in [0.1, 0.15) is 5.82 Å². The van der Waals surface area contributed by atoms with E-state index in [9.17, 15) is 4.79 Å². The zero-order valence-corrected chi connectivity index (χ0v) is 11.2. The lowest BCUT2D eigenvalue weighted by Crippen LogP contribution is -2.20. The van der Waals surface area contributed by atoms with E-state index >= 15 is 0 Å². The van der Waals surface area contributed by atoms with E-state index in [0.29, 0.717) is 29.9 Å². The number of rotatable bonds is 4. The van der Waals surface area contributed by atoms with Crippen LogP contribution in [0.5, 0.6) is 0 Å². The normalized spacial score (nSPS) is 10.7. The molecule has 1 aromatic carbocycles. The summed E-state index contributed by atoms with van der Waals surface area (Å²) in [4.78, 5) is 19.1. The summed E-state index contributed by atoms with van der Waals surface area (Å²) in [6.07, 6.45) is 0.954. The third-order valence-corrected chi connectivity index (χ3v) is 3.09. The Hall–Kier alpha value is -1.94. The average Bonchev–Trinajstić information content (AvgIpc) is 2.34. The predicted octanol–water partition coefficient (Wildman–Crippen LogP) is 1.51. The van der Waals surface area contributed by atoms with Gasteiger partial charge in [-0.1, -0.05) is 29.8 Å². The first-order valence-corrected chi connectivity index (χ1v) is 6.35. The summed E-state index contributed by atoms with van der Waals surface area (Å²) < 4.78 is 0. The lowest BCUT2D eigenvalue weighted by molar-refractivity contribution is 0.298. The summed E-state index contributed by atoms with van der Waals surface area (Å²) in [6, 6.07) is 8.13. The Morgan fingerprint density at radius 2 is 2.11 bits per heavy atom. The SMILES string of the molecule is Cc1cccc(Cc2nc(C)c(CCO)c(=O)[nH]2)c1. The van der Waals surface area contributed by atoms with Crippen molar-refractivity contribution in [2.45, 2.75) is 26.7 Å². The molecule has 2 rings (SSSR count). The van der Waals surface area contributed by atoms with Crippen molar-refractivity contribution in [1.82, 2.24) is 9.97 Å². The Morgan fingerprint density at radius 1 is 1.32 bits per heavy atom. The van der Waals surface area contributed by atoms with Crippen LogP contribution in [0.25, 0.3) is 0 Å². The minimum atomic E-state index is -0.149. The Labute approximate surface area is 112 Å². The number of aromatic nitrogens is 2. The third-order valence-electron chi connectivity index (χ3n) is 3.09. The monoisotopic (exact) mass is 258 g/mol. The molecule has 0 radical (unpaired) electrons. The first-order chi connectivity index (χ1) is 9.10. The molecule has 4 nitrogen and oxygen atoms in total. The van der Waals surface area contributed by atoms with E-state index in [1.165, 1.54) is 5.56 Å². The molecule has 4 heteroatoms. The van der Waals surface area contributed by atoms with E-state index in [1.807, 2.05) is 25.1 Å². The highest BCUT2D eigenvalue weighted by Crippen LogP contribution is 2.09. The Kier molecular flexibility index (Phi) is 4.12. The molecule has 2 N–H and O–H groups in total. The zero-order chi connectivity index (χ0) is 13.8. The van der Waals surface area contributed by atoms with Crippen LogP contribution in [0.15, 0.2) is 29.1 Å². The molecule has 0 atom stereocenters. The van der Waals surface area contributed by atoms with E-state index in [2.05, 4.69) is 16.0 Å². The molecule has 0 fully saturated rings. The van der Waals surface area contributed by atoms with Crippen molar-refractivity contribution >= 4 is 0 Å². The standard InChI is InChI=1S/C15H18N2O2/c1-10-4-3-5-12(8-10)9-14-16-11(2)13(6-7-18)15(19)17-14/h3-5,8,18H,6-7,9H2,1-2H3,(H,16,17,19). The van der Waals surface area contributed by atoms with Crippen LogP contribution in [-0.4, -0.2) is 21.7 Å². The Bertz CT molecular complexity index is 632. The van der Waals surface area contributed by atoms with Gasteiger partial charge in [0.2, 0.25) is 0 Å². The van der Waals surface area contributed by atoms with E-state index in [4.69, 9.17) is 5.11 Å². The maximum atomic E-state index is 11.9. The van der Waals surface area contributed by atoms with Crippen molar-refractivity contribution in [2.75, 3.05) is 6.61 Å². The van der Waals surface area contributed by atoms with E-state index < -0.39 is 0 Å². The van der Waals surface area contributed by atoms with Gasteiger partial charge in [-0.05, 0) is 19.4 Å². The summed E-state index contributed by atoms with van der Waals surface area (Å²) in [5, 5.41) is 8.92. The smallest absolute Gasteiger partial charge is 0.254 e. The lowest BCUT2D eigenvalue weighted by Gasteiger charge is -2.07. The summed E-state index contributed by atoms with van der Waals surface area (Å²) in [6.45, 7) is 3.80. The Morgan fingerprint density at radius 3 is 2.74 bits per heavy atom. The van der Waals surface area contributed by atoms with Crippen LogP contribution >= 0.6 is 0 Å². The number of aryl methyl sites for hydroxylation is 2. The highest BCUT2D eigenvalue weighted by atomic mass is 16.3. The summed E-state index contributed by atoms with van der Waals surface area (Å²) in [5.41, 5.74) is 3.42. The molecule has 0 amide bonds. The minimum Gasteiger partial charge on any atom is -0.396 e. The number of hydrogen-bond donors (Lipinski definition) is 2. The van der Waals surface area contributed by atoms with Gasteiger partial charge < -0.3 is 10.1 Å². The summed E-state index contributed by atoms with van der Waals surface area (Å²) in [5.74, 6) is 0.662. The van der Waals surface area contributed by atoms with Gasteiger partial charge in [-0.25, -0.2) is 4.98 Å². The number of H-pyrrole nitrogens is 1. The third kappa shape index (κ3) is 3.29. The molecule has 0 saturated carbocycles. The fraction of sp³-hybridized carbons (Fsp3) is 0.333. The first-order valence-electron chi connectivity index (χ1n) is 6.35. The topological polar surface area (TPSA) is 66.0 Å². The van der Waals surface area contributed by atoms with Crippen molar-refractivity contribution in [3.8, 4) is 0 Å². The quantitative estimate of drug-likeness (QED) is 0.873. The van der Waals surface area contributed by atoms with Gasteiger partial charge in [-0.3, -0.25) is 4.79 Å². The van der Waals surface area contributed by atoms with E-state index in [-0.39, 0.29) is 12.2 Å². The molecular formula is C15H18N2O2. The number of benzene rings is 1. The highest BCUT2D eigenvalue weighted by Gasteiger charge is 2.08. The number of nitrogens with zero attached hydrogens (tertiary/aromatic N) is 1. The molecule has 0 aliphatic rings. The highest BCUT2D eigenvalue weighted by molar-refractivity contribution is 5.26. The number of hydrogen-bond acceptors (Lipinski definition) is 3. The second kappa shape index (κ2) is 5.80. The molecule has 0 bridgehead atoms. The molecule has 0 unspecified atom stereocenters. The second-order valence-corrected chi connectivity index (χ2v) is 4.72. The summed E-state index contributed by atoms with van der Waals surface area (Å²) in [7, 11) is 0. The van der Waals surface area contributed by atoms with Gasteiger partial charge >= 0.3 is 0 Å². The maximum absolute atomic E-state index is 11.9. The van der Waals surface area contributed by atoms with Crippen LogP contribution in [0.3, 0.4) is 0 Å². The molecule has 0 saturated heterocycles. The van der Waals surface area contributed by atoms with Crippen LogP contribution in [0.2, 0.25) is 0 Å². The molecule has 0 aliphatic heterocycles. The molecule has 100 valence electrons. The zero-order valence-electron chi connectivity index (χ0n) is 11.2. The van der Waals surface area contributed by atoms with Gasteiger partial charge in [0, 0.05) is 30.7 Å². The van der Waals surface area contributed by atoms with Crippen LogP contribution in [0, 0.1) is 13.8 Å². The van der Waals surface area contributed by atoms with E-state index in [1.54, 1.807) is 6.92 Å². The van der Waals surface area contributed by atoms with Crippen molar-refractivity contribution in [3.63, 3.8) is 0 Å². The van der Waals surface area contributed by atoms with Crippen LogP contribution in [0.1, 0.15) is 28.2 Å². The first kappa shape index (κ1) is 13.5. The molecule has 2 aromatic rings. The van der Waals surface area contributed by atoms with Crippen molar-refractivity contribution in [2.24, 2.45) is 0 Å². The molecule has 1 aromatic heterocycles. The van der Waals surface area contributed by atoms with Crippen molar-refractivity contribution in [3.05, 3.63) is 62.8 Å². The predicted molar refractivity (Wildman–Crippen MR) is 74.4 cm³/mol. The van der Waals surface area contributed by atoms with Crippen molar-refractivity contribution < 1.29 is 5.11 Å². The molecule has 1 heterocycles. The number of nitrogens with one attached hydrogen (secondary N) is 1. The fourth-order valence-corrected chi connectivity index (χ4v) is 2.17. The van der Waals surface area contributed by atoms with Crippen LogP contribution in [0.4, 0.5) is 0 Å². The number of aromatic amines is 1. The number of aliphatic hydroxyl groups is 1. The fourth-order valence-electron chi connectivity index (χ4n) is 2.17. The molecule has 0 spiro atoms.